The van der Waals surface area contributed by atoms with Gasteiger partial charge >= 0.3 is 0 Å². The van der Waals surface area contributed by atoms with Crippen molar-refractivity contribution >= 4 is 14.2 Å². The smallest absolute Gasteiger partial charge is 0.226 e. The Balaban J connectivity index is 4.07. The van der Waals surface area contributed by atoms with E-state index in [2.05, 4.69) is 40.4 Å². The number of nitrogens with zero attached hydrogens (tertiary/aromatic N) is 1. The van der Waals surface area contributed by atoms with Gasteiger partial charge in [0.1, 0.15) is 0 Å². The van der Waals surface area contributed by atoms with Crippen LogP contribution in [0.25, 0.3) is 0 Å². The van der Waals surface area contributed by atoms with E-state index in [1.807, 2.05) is 0 Å². The minimum absolute atomic E-state index is 0.0961. The van der Waals surface area contributed by atoms with Crippen LogP contribution in [0.3, 0.4) is 0 Å². The van der Waals surface area contributed by atoms with Crippen molar-refractivity contribution in [2.75, 3.05) is 20.2 Å². The van der Waals surface area contributed by atoms with Gasteiger partial charge in [-0.05, 0) is 18.1 Å². The zero-order chi connectivity index (χ0) is 13.7. The highest BCUT2D eigenvalue weighted by Crippen LogP contribution is 2.36. The summed E-state index contributed by atoms with van der Waals surface area (Å²) >= 11 is 0. The molecule has 0 aromatic rings. The van der Waals surface area contributed by atoms with Crippen LogP contribution in [0.5, 0.6) is 0 Å². The van der Waals surface area contributed by atoms with E-state index >= 15 is 0 Å². The molecule has 0 unspecified atom stereocenters. The summed E-state index contributed by atoms with van der Waals surface area (Å²) in [6.07, 6.45) is 2.03. The van der Waals surface area contributed by atoms with Crippen LogP contribution in [-0.2, 0) is 9.22 Å². The highest BCUT2D eigenvalue weighted by Gasteiger charge is 2.36. The minimum Gasteiger partial charge on any atom is -0.415 e. The molecule has 0 spiro atoms. The average Bonchev–Trinajstić information content (AvgIpc) is 2.15. The molecular weight excluding hydrogens is 230 g/mol. The summed E-state index contributed by atoms with van der Waals surface area (Å²) in [7, 11) is 0.123. The van der Waals surface area contributed by atoms with E-state index in [0.29, 0.717) is 19.6 Å². The van der Waals surface area contributed by atoms with Crippen molar-refractivity contribution in [1.29, 1.82) is 0 Å². The third-order valence-corrected chi connectivity index (χ3v) is 7.98. The van der Waals surface area contributed by atoms with Gasteiger partial charge in [-0.25, -0.2) is 0 Å². The van der Waals surface area contributed by atoms with Gasteiger partial charge in [0.25, 0.3) is 0 Å². The van der Waals surface area contributed by atoms with Gasteiger partial charge in [-0.3, -0.25) is 4.79 Å². The molecular formula is C13H27NO2Si. The topological polar surface area (TPSA) is 29.5 Å². The van der Waals surface area contributed by atoms with Crippen molar-refractivity contribution < 1.29 is 9.22 Å². The lowest BCUT2D eigenvalue weighted by Gasteiger charge is -2.36. The number of hydrogen-bond acceptors (Lipinski definition) is 2. The highest BCUT2D eigenvalue weighted by molar-refractivity contribution is 6.74. The monoisotopic (exact) mass is 257 g/mol. The predicted molar refractivity (Wildman–Crippen MR) is 75.6 cm³/mol. The number of rotatable bonds is 6. The van der Waals surface area contributed by atoms with Crippen molar-refractivity contribution in [3.05, 3.63) is 12.7 Å². The number of amides is 1. The molecule has 0 atom stereocenters. The zero-order valence-corrected chi connectivity index (χ0v) is 13.2. The lowest BCUT2D eigenvalue weighted by Crippen LogP contribution is -2.43. The number of carbonyl (C=O) groups is 1. The summed E-state index contributed by atoms with van der Waals surface area (Å²) < 4.78 is 6.01. The van der Waals surface area contributed by atoms with Gasteiger partial charge in [0.15, 0.2) is 8.32 Å². The first-order chi connectivity index (χ1) is 7.62. The Kier molecular flexibility index (Phi) is 6.13. The molecule has 3 nitrogen and oxygen atoms in total. The molecule has 4 heteroatoms. The van der Waals surface area contributed by atoms with Gasteiger partial charge in [0, 0.05) is 20.0 Å². The van der Waals surface area contributed by atoms with E-state index in [0.717, 1.165) is 0 Å². The molecule has 0 aliphatic heterocycles. The number of likely N-dealkylation sites (N-methyl/N-ethyl adjacent to an activating group) is 1. The first-order valence-electron chi connectivity index (χ1n) is 6.10. The molecule has 0 aromatic heterocycles. The zero-order valence-electron chi connectivity index (χ0n) is 12.2. The second-order valence-electron chi connectivity index (χ2n) is 5.92. The lowest BCUT2D eigenvalue weighted by molar-refractivity contribution is -0.129. The normalized spacial score (nSPS) is 12.4. The summed E-state index contributed by atoms with van der Waals surface area (Å²) in [5, 5.41) is 0.219. The van der Waals surface area contributed by atoms with Crippen LogP contribution in [0, 0.1) is 0 Å². The Morgan fingerprint density at radius 1 is 1.41 bits per heavy atom. The molecule has 0 radical (unpaired) electrons. The molecule has 0 N–H and O–H groups in total. The van der Waals surface area contributed by atoms with Gasteiger partial charge < -0.3 is 9.33 Å². The maximum atomic E-state index is 11.5. The third kappa shape index (κ3) is 5.50. The largest absolute Gasteiger partial charge is 0.415 e. The van der Waals surface area contributed by atoms with Gasteiger partial charge in [-0.1, -0.05) is 26.8 Å². The fourth-order valence-electron chi connectivity index (χ4n) is 1.06. The molecule has 0 bridgehead atoms. The van der Waals surface area contributed by atoms with E-state index < -0.39 is 8.32 Å². The van der Waals surface area contributed by atoms with E-state index in [-0.39, 0.29) is 10.9 Å². The van der Waals surface area contributed by atoms with Crippen LogP contribution in [-0.4, -0.2) is 39.3 Å². The van der Waals surface area contributed by atoms with Gasteiger partial charge in [-0.15, -0.1) is 6.58 Å². The Bertz CT molecular complexity index is 269. The van der Waals surface area contributed by atoms with Crippen LogP contribution >= 0.6 is 0 Å². The third-order valence-electron chi connectivity index (χ3n) is 3.44. The summed E-state index contributed by atoms with van der Waals surface area (Å²) in [5.74, 6) is 0.0961. The summed E-state index contributed by atoms with van der Waals surface area (Å²) in [6, 6.07) is 0. The van der Waals surface area contributed by atoms with E-state index in [1.54, 1.807) is 18.0 Å². The predicted octanol–water partition coefficient (Wildman–Crippen LogP) is 3.04. The van der Waals surface area contributed by atoms with Crippen LogP contribution in [0.15, 0.2) is 12.7 Å². The van der Waals surface area contributed by atoms with Gasteiger partial charge in [-0.2, -0.15) is 0 Å². The first-order valence-corrected chi connectivity index (χ1v) is 9.01. The molecule has 0 saturated carbocycles. The highest BCUT2D eigenvalue weighted by atomic mass is 28.4. The van der Waals surface area contributed by atoms with Crippen LogP contribution < -0.4 is 0 Å². The van der Waals surface area contributed by atoms with Crippen LogP contribution in [0.2, 0.25) is 18.1 Å². The number of carbonyl (C=O) groups excluding carboxylic acids is 1. The summed E-state index contributed by atoms with van der Waals surface area (Å²) in [5.41, 5.74) is 0. The molecule has 0 aliphatic carbocycles. The van der Waals surface area contributed by atoms with Crippen molar-refractivity contribution in [3.8, 4) is 0 Å². The molecule has 0 aliphatic rings. The Morgan fingerprint density at radius 2 is 1.94 bits per heavy atom. The van der Waals surface area contributed by atoms with Gasteiger partial charge in [0.05, 0.1) is 6.61 Å². The van der Waals surface area contributed by atoms with Crippen LogP contribution in [0.1, 0.15) is 27.2 Å². The maximum Gasteiger partial charge on any atom is 0.226 e. The van der Waals surface area contributed by atoms with Crippen LogP contribution in [0.4, 0.5) is 0 Å². The molecule has 1 amide bonds. The van der Waals surface area contributed by atoms with Crippen molar-refractivity contribution in [2.45, 2.75) is 45.3 Å². The molecule has 17 heavy (non-hydrogen) atoms. The standard InChI is InChI=1S/C13H27NO2Si/c1-8-9-12(15)14(5)10-11-16-17(6,7)13(2,3)4/h8H,1,9-11H2,2-7H3. The van der Waals surface area contributed by atoms with Crippen molar-refractivity contribution in [2.24, 2.45) is 0 Å². The fourth-order valence-corrected chi connectivity index (χ4v) is 2.09. The second kappa shape index (κ2) is 6.35. The number of hydrogen-bond donors (Lipinski definition) is 0. The summed E-state index contributed by atoms with van der Waals surface area (Å²) in [6.45, 7) is 15.9. The molecule has 0 heterocycles. The van der Waals surface area contributed by atoms with E-state index in [1.165, 1.54) is 0 Å². The maximum absolute atomic E-state index is 11.5. The van der Waals surface area contributed by atoms with Crippen molar-refractivity contribution in [3.63, 3.8) is 0 Å². The SMILES string of the molecule is C=CCC(=O)N(C)CCO[Si](C)(C)C(C)(C)C. The summed E-state index contributed by atoms with van der Waals surface area (Å²) in [4.78, 5) is 13.2. The average molecular weight is 257 g/mol. The Morgan fingerprint density at radius 3 is 2.35 bits per heavy atom. The van der Waals surface area contributed by atoms with E-state index in [4.69, 9.17) is 4.43 Å². The first kappa shape index (κ1) is 16.4. The minimum atomic E-state index is -1.68. The van der Waals surface area contributed by atoms with Gasteiger partial charge in [0.2, 0.25) is 5.91 Å². The molecule has 0 aromatic carbocycles. The molecule has 0 saturated heterocycles. The second-order valence-corrected chi connectivity index (χ2v) is 10.7. The Labute approximate surface area is 107 Å². The molecule has 0 rings (SSSR count). The van der Waals surface area contributed by atoms with E-state index in [9.17, 15) is 4.79 Å². The molecule has 100 valence electrons. The Hall–Kier alpha value is -0.613. The van der Waals surface area contributed by atoms with Crippen molar-refractivity contribution in [1.82, 2.24) is 4.90 Å². The molecule has 0 fully saturated rings. The lowest BCUT2D eigenvalue weighted by atomic mass is 10.2. The quantitative estimate of drug-likeness (QED) is 0.541. The fraction of sp³-hybridized carbons (Fsp3) is 0.769.